The summed E-state index contributed by atoms with van der Waals surface area (Å²) < 4.78 is 1.78. The molecule has 142 valence electrons. The molecular weight excluding hydrogens is 350 g/mol. The lowest BCUT2D eigenvalue weighted by Gasteiger charge is -2.07. The number of hydrogen-bond donors (Lipinski definition) is 2. The zero-order valence-electron chi connectivity index (χ0n) is 15.6. The predicted octanol–water partition coefficient (Wildman–Crippen LogP) is 3.45. The smallest absolute Gasteiger partial charge is 0.220 e. The van der Waals surface area contributed by atoms with Gasteiger partial charge in [-0.05, 0) is 35.6 Å². The van der Waals surface area contributed by atoms with Crippen molar-refractivity contribution in [3.63, 3.8) is 0 Å². The number of amides is 1. The molecule has 0 aliphatic carbocycles. The first-order valence-corrected chi connectivity index (χ1v) is 9.50. The number of aryl methyl sites for hydroxylation is 1. The molecule has 4 aromatic rings. The molecular formula is C22H23N5O. The number of para-hydroxylation sites is 1. The maximum Gasteiger partial charge on any atom is 0.220 e. The van der Waals surface area contributed by atoms with E-state index in [0.29, 0.717) is 19.5 Å². The summed E-state index contributed by atoms with van der Waals surface area (Å²) in [6.45, 7) is 1.25. The summed E-state index contributed by atoms with van der Waals surface area (Å²) in [5, 5.41) is 8.35. The summed E-state index contributed by atoms with van der Waals surface area (Å²) in [5.41, 5.74) is 4.66. The molecule has 0 atom stereocenters. The van der Waals surface area contributed by atoms with Crippen LogP contribution in [-0.2, 0) is 24.3 Å². The Morgan fingerprint density at radius 3 is 2.71 bits per heavy atom. The zero-order chi connectivity index (χ0) is 19.2. The third-order valence-electron chi connectivity index (χ3n) is 4.85. The van der Waals surface area contributed by atoms with Gasteiger partial charge < -0.3 is 10.3 Å². The van der Waals surface area contributed by atoms with Gasteiger partial charge in [0, 0.05) is 30.1 Å². The first-order valence-electron chi connectivity index (χ1n) is 9.50. The second kappa shape index (κ2) is 8.52. The van der Waals surface area contributed by atoms with E-state index in [2.05, 4.69) is 44.6 Å². The first kappa shape index (κ1) is 18.0. The summed E-state index contributed by atoms with van der Waals surface area (Å²) in [6.07, 6.45) is 7.54. The predicted molar refractivity (Wildman–Crippen MR) is 109 cm³/mol. The highest BCUT2D eigenvalue weighted by atomic mass is 16.1. The number of rotatable bonds is 8. The van der Waals surface area contributed by atoms with E-state index in [-0.39, 0.29) is 5.91 Å². The van der Waals surface area contributed by atoms with Crippen LogP contribution in [0.2, 0.25) is 0 Å². The number of hydrogen-bond acceptors (Lipinski definition) is 3. The van der Waals surface area contributed by atoms with Gasteiger partial charge in [0.2, 0.25) is 5.91 Å². The van der Waals surface area contributed by atoms with Crippen LogP contribution in [0.25, 0.3) is 10.9 Å². The van der Waals surface area contributed by atoms with Gasteiger partial charge in [-0.2, -0.15) is 5.10 Å². The van der Waals surface area contributed by atoms with E-state index in [9.17, 15) is 4.79 Å². The van der Waals surface area contributed by atoms with E-state index >= 15 is 0 Å². The number of aromatic nitrogens is 4. The van der Waals surface area contributed by atoms with Crippen molar-refractivity contribution >= 4 is 16.8 Å². The molecule has 2 aromatic heterocycles. The van der Waals surface area contributed by atoms with Gasteiger partial charge in [0.15, 0.2) is 0 Å². The van der Waals surface area contributed by atoms with Gasteiger partial charge >= 0.3 is 0 Å². The van der Waals surface area contributed by atoms with Gasteiger partial charge in [-0.3, -0.25) is 4.79 Å². The molecule has 6 heteroatoms. The molecule has 0 radical (unpaired) electrons. The lowest BCUT2D eigenvalue weighted by molar-refractivity contribution is -0.121. The third-order valence-corrected chi connectivity index (χ3v) is 4.85. The number of nitrogens with zero attached hydrogens (tertiary/aromatic N) is 3. The molecule has 0 aliphatic rings. The van der Waals surface area contributed by atoms with E-state index in [1.807, 2.05) is 30.5 Å². The SMILES string of the molecule is O=C(CCCc1c[nH]c2ccccc12)NCc1ccc(Cn2cncn2)cc1. The van der Waals surface area contributed by atoms with Crippen LogP contribution in [0.4, 0.5) is 0 Å². The Balaban J connectivity index is 1.21. The molecule has 4 rings (SSSR count). The molecule has 1 amide bonds. The Morgan fingerprint density at radius 1 is 1.07 bits per heavy atom. The van der Waals surface area contributed by atoms with Crippen LogP contribution < -0.4 is 5.32 Å². The molecule has 0 saturated carbocycles. The third kappa shape index (κ3) is 4.46. The summed E-state index contributed by atoms with van der Waals surface area (Å²) in [7, 11) is 0. The minimum Gasteiger partial charge on any atom is -0.361 e. The maximum atomic E-state index is 12.1. The van der Waals surface area contributed by atoms with E-state index in [1.165, 1.54) is 17.3 Å². The fourth-order valence-electron chi connectivity index (χ4n) is 3.33. The molecule has 0 spiro atoms. The average molecular weight is 373 g/mol. The Morgan fingerprint density at radius 2 is 1.89 bits per heavy atom. The van der Waals surface area contributed by atoms with E-state index in [4.69, 9.17) is 0 Å². The molecule has 0 unspecified atom stereocenters. The van der Waals surface area contributed by atoms with Crippen LogP contribution in [0.5, 0.6) is 0 Å². The average Bonchev–Trinajstić information content (AvgIpc) is 3.38. The highest BCUT2D eigenvalue weighted by molar-refractivity contribution is 5.83. The van der Waals surface area contributed by atoms with Gasteiger partial charge in [0.1, 0.15) is 12.7 Å². The van der Waals surface area contributed by atoms with Crippen LogP contribution >= 0.6 is 0 Å². The van der Waals surface area contributed by atoms with Crippen molar-refractivity contribution in [2.24, 2.45) is 0 Å². The largest absolute Gasteiger partial charge is 0.361 e. The topological polar surface area (TPSA) is 75.6 Å². The molecule has 0 bridgehead atoms. The van der Waals surface area contributed by atoms with Gasteiger partial charge in [0.25, 0.3) is 0 Å². The van der Waals surface area contributed by atoms with Crippen LogP contribution in [-0.4, -0.2) is 25.7 Å². The number of carbonyl (C=O) groups excluding carboxylic acids is 1. The van der Waals surface area contributed by atoms with Crippen LogP contribution in [0.3, 0.4) is 0 Å². The molecule has 6 nitrogen and oxygen atoms in total. The number of H-pyrrole nitrogens is 1. The molecule has 28 heavy (non-hydrogen) atoms. The van der Waals surface area contributed by atoms with E-state index < -0.39 is 0 Å². The van der Waals surface area contributed by atoms with E-state index in [0.717, 1.165) is 29.5 Å². The van der Waals surface area contributed by atoms with Gasteiger partial charge in [-0.1, -0.05) is 42.5 Å². The fourth-order valence-corrected chi connectivity index (χ4v) is 3.33. The lowest BCUT2D eigenvalue weighted by atomic mass is 10.1. The monoisotopic (exact) mass is 373 g/mol. The summed E-state index contributed by atoms with van der Waals surface area (Å²) in [5.74, 6) is 0.0894. The number of nitrogens with one attached hydrogen (secondary N) is 2. The van der Waals surface area contributed by atoms with Crippen molar-refractivity contribution in [3.05, 3.63) is 84.1 Å². The van der Waals surface area contributed by atoms with Crippen molar-refractivity contribution in [1.82, 2.24) is 25.1 Å². The molecule has 0 fully saturated rings. The van der Waals surface area contributed by atoms with Crippen molar-refractivity contribution in [3.8, 4) is 0 Å². The van der Waals surface area contributed by atoms with Gasteiger partial charge in [0.05, 0.1) is 6.54 Å². The van der Waals surface area contributed by atoms with Crippen molar-refractivity contribution < 1.29 is 4.79 Å². The lowest BCUT2D eigenvalue weighted by Crippen LogP contribution is -2.22. The minimum absolute atomic E-state index is 0.0894. The normalized spacial score (nSPS) is 11.0. The minimum atomic E-state index is 0.0894. The van der Waals surface area contributed by atoms with E-state index in [1.54, 1.807) is 11.0 Å². The van der Waals surface area contributed by atoms with Crippen LogP contribution in [0.15, 0.2) is 67.4 Å². The molecule has 0 aliphatic heterocycles. The standard InChI is InChI=1S/C22H23N5O/c28-22(7-3-4-19-13-24-21-6-2-1-5-20(19)21)25-12-17-8-10-18(11-9-17)14-27-16-23-15-26-27/h1-2,5-6,8-11,13,15-16,24H,3-4,7,12,14H2,(H,25,28). The summed E-state index contributed by atoms with van der Waals surface area (Å²) in [4.78, 5) is 19.4. The summed E-state index contributed by atoms with van der Waals surface area (Å²) >= 11 is 0. The molecule has 2 aromatic carbocycles. The summed E-state index contributed by atoms with van der Waals surface area (Å²) in [6, 6.07) is 16.5. The fraction of sp³-hybridized carbons (Fsp3) is 0.227. The van der Waals surface area contributed by atoms with Gasteiger partial charge in [-0.25, -0.2) is 9.67 Å². The Labute approximate surface area is 163 Å². The molecule has 2 N–H and O–H groups in total. The zero-order valence-corrected chi connectivity index (χ0v) is 15.6. The van der Waals surface area contributed by atoms with Crippen molar-refractivity contribution in [2.45, 2.75) is 32.4 Å². The molecule has 2 heterocycles. The van der Waals surface area contributed by atoms with Crippen LogP contribution in [0, 0.1) is 0 Å². The maximum absolute atomic E-state index is 12.1. The number of benzene rings is 2. The number of carbonyl (C=O) groups is 1. The highest BCUT2D eigenvalue weighted by Crippen LogP contribution is 2.19. The second-order valence-corrected chi connectivity index (χ2v) is 6.90. The Bertz CT molecular complexity index is 1030. The Kier molecular flexibility index (Phi) is 5.47. The van der Waals surface area contributed by atoms with Crippen LogP contribution in [0.1, 0.15) is 29.5 Å². The van der Waals surface area contributed by atoms with Gasteiger partial charge in [-0.15, -0.1) is 0 Å². The highest BCUT2D eigenvalue weighted by Gasteiger charge is 2.06. The number of aromatic amines is 1. The van der Waals surface area contributed by atoms with Crippen molar-refractivity contribution in [1.29, 1.82) is 0 Å². The Hall–Kier alpha value is -3.41. The quantitative estimate of drug-likeness (QED) is 0.497. The first-order chi connectivity index (χ1) is 13.8. The molecule has 0 saturated heterocycles. The number of fused-ring (bicyclic) bond motifs is 1. The van der Waals surface area contributed by atoms with Crippen molar-refractivity contribution in [2.75, 3.05) is 0 Å². The second-order valence-electron chi connectivity index (χ2n) is 6.90.